The van der Waals surface area contributed by atoms with Crippen molar-refractivity contribution in [1.82, 2.24) is 0 Å². The van der Waals surface area contributed by atoms with Crippen LogP contribution in [0.15, 0.2) is 23.3 Å². The zero-order chi connectivity index (χ0) is 23.4. The van der Waals surface area contributed by atoms with Gasteiger partial charge in [0.1, 0.15) is 12.2 Å². The lowest BCUT2D eigenvalue weighted by Crippen LogP contribution is -2.59. The molecule has 33 heavy (non-hydrogen) atoms. The quantitative estimate of drug-likeness (QED) is 0.499. The molecule has 0 radical (unpaired) electrons. The predicted molar refractivity (Wildman–Crippen MR) is 123 cm³/mol. The number of aliphatic hydroxyl groups excluding tert-OH is 1. The van der Waals surface area contributed by atoms with Crippen molar-refractivity contribution in [2.24, 2.45) is 46.3 Å². The highest BCUT2D eigenvalue weighted by Gasteiger charge is 2.72. The summed E-state index contributed by atoms with van der Waals surface area (Å²) in [4.78, 5) is 25.7. The Morgan fingerprint density at radius 2 is 1.82 bits per heavy atom. The predicted octanol–water partition coefficient (Wildman–Crippen LogP) is 4.24. The Balaban J connectivity index is 1.30. The SMILES string of the molecule is CC1=C(C)C(O)C(C(C)C2CCC3C4C5OC5C5CC=CC(=O)C5(C)C4CCC23C)OC1=O. The van der Waals surface area contributed by atoms with Crippen LogP contribution in [0.4, 0.5) is 0 Å². The Kier molecular flexibility index (Phi) is 4.70. The fourth-order valence-corrected chi connectivity index (χ4v) is 9.42. The van der Waals surface area contributed by atoms with Gasteiger partial charge in [-0.2, -0.15) is 0 Å². The number of hydrogen-bond donors (Lipinski definition) is 1. The number of ether oxygens (including phenoxy) is 2. The zero-order valence-corrected chi connectivity index (χ0v) is 20.5. The molecule has 2 aliphatic heterocycles. The highest BCUT2D eigenvalue weighted by molar-refractivity contribution is 5.96. The average molecular weight is 455 g/mol. The minimum Gasteiger partial charge on any atom is -0.456 e. The van der Waals surface area contributed by atoms with Gasteiger partial charge in [0.2, 0.25) is 0 Å². The fraction of sp³-hybridized carbons (Fsp3) is 0.786. The summed E-state index contributed by atoms with van der Waals surface area (Å²) < 4.78 is 12.1. The summed E-state index contributed by atoms with van der Waals surface area (Å²) in [6, 6.07) is 0. The topological polar surface area (TPSA) is 76.1 Å². The van der Waals surface area contributed by atoms with E-state index < -0.39 is 12.2 Å². The lowest BCUT2D eigenvalue weighted by Gasteiger charge is -2.57. The van der Waals surface area contributed by atoms with E-state index >= 15 is 0 Å². The highest BCUT2D eigenvalue weighted by Crippen LogP contribution is 2.71. The number of hydrogen-bond acceptors (Lipinski definition) is 5. The Morgan fingerprint density at radius 3 is 2.58 bits per heavy atom. The molecule has 5 heteroatoms. The maximum absolute atomic E-state index is 13.2. The molecule has 12 atom stereocenters. The van der Waals surface area contributed by atoms with Gasteiger partial charge in [-0.15, -0.1) is 0 Å². The minimum atomic E-state index is -0.728. The van der Waals surface area contributed by atoms with Crippen molar-refractivity contribution in [1.29, 1.82) is 0 Å². The van der Waals surface area contributed by atoms with Crippen LogP contribution in [0, 0.1) is 46.3 Å². The first-order chi connectivity index (χ1) is 15.6. The number of carbonyl (C=O) groups is 2. The van der Waals surface area contributed by atoms with Crippen LogP contribution < -0.4 is 0 Å². The second-order valence-electron chi connectivity index (χ2n) is 12.5. The second kappa shape index (κ2) is 7.04. The third kappa shape index (κ3) is 2.73. The normalized spacial score (nSPS) is 53.6. The van der Waals surface area contributed by atoms with Gasteiger partial charge in [-0.1, -0.05) is 26.8 Å². The fourth-order valence-electron chi connectivity index (χ4n) is 9.42. The summed E-state index contributed by atoms with van der Waals surface area (Å²) in [5.74, 6) is 2.16. The largest absolute Gasteiger partial charge is 0.456 e. The molecular weight excluding hydrogens is 416 g/mol. The number of aliphatic hydroxyl groups is 1. The maximum Gasteiger partial charge on any atom is 0.334 e. The van der Waals surface area contributed by atoms with E-state index in [1.54, 1.807) is 6.92 Å². The van der Waals surface area contributed by atoms with Crippen molar-refractivity contribution >= 4 is 11.8 Å². The number of rotatable bonds is 2. The van der Waals surface area contributed by atoms with Crippen LogP contribution in [0.5, 0.6) is 0 Å². The van der Waals surface area contributed by atoms with Crippen molar-refractivity contribution in [3.63, 3.8) is 0 Å². The average Bonchev–Trinajstić information content (AvgIpc) is 3.50. The summed E-state index contributed by atoms with van der Waals surface area (Å²) in [5, 5.41) is 11.0. The van der Waals surface area contributed by atoms with Gasteiger partial charge in [0, 0.05) is 16.9 Å². The maximum atomic E-state index is 13.2. The summed E-state index contributed by atoms with van der Waals surface area (Å²) in [7, 11) is 0. The van der Waals surface area contributed by atoms with Crippen LogP contribution in [0.25, 0.3) is 0 Å². The summed E-state index contributed by atoms with van der Waals surface area (Å²) in [6.45, 7) is 10.4. The standard InChI is InChI=1S/C28H38O5/c1-13-14(2)26(31)33-23(22(13)30)15(3)16-9-10-17-21-18(11-12-27(16,17)4)28(5)19(24-25(21)32-24)7-6-8-20(28)29/h6,8,15-19,21-25,30H,7,9-12H2,1-5H3. The first-order valence-electron chi connectivity index (χ1n) is 13.0. The first kappa shape index (κ1) is 22.0. The van der Waals surface area contributed by atoms with Crippen LogP contribution in [0.3, 0.4) is 0 Å². The number of cyclic esters (lactones) is 1. The zero-order valence-electron chi connectivity index (χ0n) is 20.5. The van der Waals surface area contributed by atoms with Gasteiger partial charge in [-0.3, -0.25) is 4.79 Å². The van der Waals surface area contributed by atoms with E-state index in [-0.39, 0.29) is 28.8 Å². The van der Waals surface area contributed by atoms with Crippen LogP contribution in [-0.2, 0) is 19.1 Å². The van der Waals surface area contributed by atoms with Gasteiger partial charge in [0.15, 0.2) is 5.78 Å². The van der Waals surface area contributed by atoms with E-state index in [1.807, 2.05) is 13.0 Å². The molecule has 180 valence electrons. The molecule has 0 aromatic carbocycles. The molecule has 6 rings (SSSR count). The molecule has 12 unspecified atom stereocenters. The van der Waals surface area contributed by atoms with Crippen LogP contribution >= 0.6 is 0 Å². The van der Waals surface area contributed by atoms with E-state index in [0.29, 0.717) is 47.0 Å². The molecule has 4 fully saturated rings. The molecule has 0 bridgehead atoms. The van der Waals surface area contributed by atoms with Crippen molar-refractivity contribution in [3.05, 3.63) is 23.3 Å². The molecule has 3 saturated carbocycles. The van der Waals surface area contributed by atoms with Gasteiger partial charge in [0.25, 0.3) is 0 Å². The van der Waals surface area contributed by atoms with Gasteiger partial charge in [-0.05, 0) is 92.6 Å². The summed E-state index contributed by atoms with van der Waals surface area (Å²) >= 11 is 0. The van der Waals surface area contributed by atoms with E-state index in [0.717, 1.165) is 37.7 Å². The number of epoxide rings is 1. The van der Waals surface area contributed by atoms with Crippen molar-refractivity contribution < 1.29 is 24.2 Å². The minimum absolute atomic E-state index is 0.0839. The number of esters is 1. The lowest BCUT2D eigenvalue weighted by molar-refractivity contribution is -0.161. The molecule has 0 amide bonds. The van der Waals surface area contributed by atoms with Crippen LogP contribution in [0.2, 0.25) is 0 Å². The molecule has 6 aliphatic rings. The third-order valence-electron chi connectivity index (χ3n) is 11.5. The highest BCUT2D eigenvalue weighted by atomic mass is 16.6. The van der Waals surface area contributed by atoms with E-state index in [1.165, 1.54) is 0 Å². The van der Waals surface area contributed by atoms with Crippen molar-refractivity contribution in [2.75, 3.05) is 0 Å². The molecule has 1 saturated heterocycles. The first-order valence-corrected chi connectivity index (χ1v) is 13.0. The molecule has 4 aliphatic carbocycles. The van der Waals surface area contributed by atoms with Crippen LogP contribution in [0.1, 0.15) is 66.7 Å². The summed E-state index contributed by atoms with van der Waals surface area (Å²) in [5.41, 5.74) is 1.10. The molecule has 2 heterocycles. The number of carbonyl (C=O) groups excluding carboxylic acids is 2. The Morgan fingerprint density at radius 1 is 1.06 bits per heavy atom. The van der Waals surface area contributed by atoms with Gasteiger partial charge >= 0.3 is 5.97 Å². The van der Waals surface area contributed by atoms with Crippen LogP contribution in [-0.4, -0.2) is 41.3 Å². The number of allylic oxidation sites excluding steroid dienone is 2. The molecule has 5 nitrogen and oxygen atoms in total. The second-order valence-corrected chi connectivity index (χ2v) is 12.5. The van der Waals surface area contributed by atoms with Gasteiger partial charge in [-0.25, -0.2) is 4.79 Å². The summed E-state index contributed by atoms with van der Waals surface area (Å²) in [6.07, 6.45) is 8.55. The molecule has 1 N–H and O–H groups in total. The molecule has 0 aromatic rings. The van der Waals surface area contributed by atoms with Gasteiger partial charge in [0.05, 0.1) is 12.2 Å². The van der Waals surface area contributed by atoms with E-state index in [9.17, 15) is 14.7 Å². The Bertz CT molecular complexity index is 965. The third-order valence-corrected chi connectivity index (χ3v) is 11.5. The smallest absolute Gasteiger partial charge is 0.334 e. The van der Waals surface area contributed by atoms with Crippen molar-refractivity contribution in [2.45, 2.75) is 91.1 Å². The molecule has 0 spiro atoms. The van der Waals surface area contributed by atoms with E-state index in [2.05, 4.69) is 26.8 Å². The number of ketones is 1. The van der Waals surface area contributed by atoms with Gasteiger partial charge < -0.3 is 14.6 Å². The molecular formula is C28H38O5. The number of fused-ring (bicyclic) bond motifs is 8. The molecule has 0 aromatic heterocycles. The Hall–Kier alpha value is -1.46. The van der Waals surface area contributed by atoms with Crippen molar-refractivity contribution in [3.8, 4) is 0 Å². The van der Waals surface area contributed by atoms with E-state index in [4.69, 9.17) is 9.47 Å². The monoisotopic (exact) mass is 454 g/mol. The Labute approximate surface area is 197 Å². The lowest BCUT2D eigenvalue weighted by atomic mass is 9.45.